The summed E-state index contributed by atoms with van der Waals surface area (Å²) in [4.78, 5) is 1.32. The molecule has 2 nitrogen and oxygen atoms in total. The molecule has 1 aliphatic rings. The fourth-order valence-electron chi connectivity index (χ4n) is 2.15. The van der Waals surface area contributed by atoms with E-state index in [4.69, 9.17) is 5.73 Å². The van der Waals surface area contributed by atoms with Gasteiger partial charge in [-0.3, -0.25) is 0 Å². The van der Waals surface area contributed by atoms with Crippen molar-refractivity contribution in [3.05, 3.63) is 23.8 Å². The number of phenols is 1. The van der Waals surface area contributed by atoms with Crippen molar-refractivity contribution in [1.82, 2.24) is 0 Å². The average molecular weight is 223 g/mol. The van der Waals surface area contributed by atoms with Gasteiger partial charge in [-0.1, -0.05) is 0 Å². The Hall–Kier alpha value is -0.670. The van der Waals surface area contributed by atoms with Gasteiger partial charge in [-0.25, -0.2) is 0 Å². The lowest BCUT2D eigenvalue weighted by Crippen LogP contribution is -2.07. The Kier molecular flexibility index (Phi) is 3.54. The molecule has 82 valence electrons. The maximum atomic E-state index is 9.53. The summed E-state index contributed by atoms with van der Waals surface area (Å²) < 4.78 is 0. The Morgan fingerprint density at radius 3 is 3.13 bits per heavy atom. The highest BCUT2D eigenvalue weighted by molar-refractivity contribution is 7.99. The van der Waals surface area contributed by atoms with E-state index in [0.29, 0.717) is 11.7 Å². The van der Waals surface area contributed by atoms with Crippen LogP contribution in [0.2, 0.25) is 0 Å². The first kappa shape index (κ1) is 10.8. The summed E-state index contributed by atoms with van der Waals surface area (Å²) in [6.45, 7) is 0.727. The van der Waals surface area contributed by atoms with Crippen molar-refractivity contribution in [1.29, 1.82) is 0 Å². The summed E-state index contributed by atoms with van der Waals surface area (Å²) in [7, 11) is 0. The molecular formula is C12H17NOS. The Morgan fingerprint density at radius 1 is 1.47 bits per heavy atom. The second kappa shape index (κ2) is 4.90. The Balaban J connectivity index is 2.33. The first-order chi connectivity index (χ1) is 7.31. The average Bonchev–Trinajstić information content (AvgIpc) is 2.42. The molecule has 1 aromatic carbocycles. The van der Waals surface area contributed by atoms with Crippen LogP contribution in [0.5, 0.6) is 5.75 Å². The molecule has 1 atom stereocenters. The third-order valence-corrected chi connectivity index (χ3v) is 4.08. The monoisotopic (exact) mass is 223 g/mol. The fourth-order valence-corrected chi connectivity index (χ4v) is 3.24. The normalized spacial score (nSPS) is 20.7. The number of hydrogen-bond acceptors (Lipinski definition) is 3. The number of phenolic OH excluding ortho intramolecular Hbond substituents is 1. The van der Waals surface area contributed by atoms with E-state index in [2.05, 4.69) is 0 Å². The summed E-state index contributed by atoms with van der Waals surface area (Å²) in [6.07, 6.45) is 3.46. The zero-order valence-electron chi connectivity index (χ0n) is 8.78. The van der Waals surface area contributed by atoms with Crippen molar-refractivity contribution in [2.45, 2.75) is 30.1 Å². The van der Waals surface area contributed by atoms with Crippen LogP contribution in [0, 0.1) is 0 Å². The number of thioether (sulfide) groups is 1. The van der Waals surface area contributed by atoms with Gasteiger partial charge in [-0.05, 0) is 61.2 Å². The third kappa shape index (κ3) is 2.47. The van der Waals surface area contributed by atoms with Crippen LogP contribution >= 0.6 is 11.8 Å². The van der Waals surface area contributed by atoms with Crippen LogP contribution in [0.15, 0.2) is 23.1 Å². The van der Waals surface area contributed by atoms with Crippen molar-refractivity contribution in [2.24, 2.45) is 5.73 Å². The lowest BCUT2D eigenvalue weighted by molar-refractivity contribution is 0.471. The van der Waals surface area contributed by atoms with Gasteiger partial charge >= 0.3 is 0 Å². The molecule has 15 heavy (non-hydrogen) atoms. The minimum atomic E-state index is 0.373. The van der Waals surface area contributed by atoms with Crippen molar-refractivity contribution in [3.63, 3.8) is 0 Å². The zero-order chi connectivity index (χ0) is 10.7. The molecule has 0 spiro atoms. The van der Waals surface area contributed by atoms with Crippen molar-refractivity contribution >= 4 is 11.8 Å². The predicted octanol–water partition coefficient (Wildman–Crippen LogP) is 2.71. The summed E-state index contributed by atoms with van der Waals surface area (Å²) in [5, 5.41) is 9.53. The fraction of sp³-hybridized carbons (Fsp3) is 0.500. The van der Waals surface area contributed by atoms with Crippen molar-refractivity contribution < 1.29 is 5.11 Å². The summed E-state index contributed by atoms with van der Waals surface area (Å²) >= 11 is 1.90. The minimum absolute atomic E-state index is 0.373. The van der Waals surface area contributed by atoms with E-state index in [-0.39, 0.29) is 0 Å². The molecule has 1 aromatic rings. The number of benzene rings is 1. The molecule has 3 N–H and O–H groups in total. The standard InChI is InChI=1S/C12H17NOS/c13-6-5-9-2-1-7-15-12-4-3-10(14)8-11(9)12/h3-4,8-9,14H,1-2,5-7,13H2. The molecule has 3 heteroatoms. The van der Waals surface area contributed by atoms with Gasteiger partial charge in [-0.15, -0.1) is 11.8 Å². The molecule has 1 unspecified atom stereocenters. The molecule has 0 radical (unpaired) electrons. The summed E-state index contributed by atoms with van der Waals surface area (Å²) in [5.41, 5.74) is 6.93. The van der Waals surface area contributed by atoms with Gasteiger partial charge < -0.3 is 10.8 Å². The van der Waals surface area contributed by atoms with Crippen LogP contribution in [0.1, 0.15) is 30.7 Å². The molecule has 0 amide bonds. The highest BCUT2D eigenvalue weighted by Gasteiger charge is 2.18. The van der Waals surface area contributed by atoms with Gasteiger partial charge in [0.05, 0.1) is 0 Å². The van der Waals surface area contributed by atoms with E-state index in [1.165, 1.54) is 29.1 Å². The molecular weight excluding hydrogens is 206 g/mol. The van der Waals surface area contributed by atoms with Gasteiger partial charge in [0.1, 0.15) is 5.75 Å². The van der Waals surface area contributed by atoms with Gasteiger partial charge in [0, 0.05) is 4.90 Å². The number of nitrogens with two attached hydrogens (primary N) is 1. The number of fused-ring (bicyclic) bond motifs is 1. The van der Waals surface area contributed by atoms with Crippen LogP contribution in [0.4, 0.5) is 0 Å². The molecule has 0 aromatic heterocycles. The number of hydrogen-bond donors (Lipinski definition) is 2. The number of rotatable bonds is 2. The zero-order valence-corrected chi connectivity index (χ0v) is 9.59. The maximum Gasteiger partial charge on any atom is 0.115 e. The quantitative estimate of drug-likeness (QED) is 0.810. The van der Waals surface area contributed by atoms with Crippen LogP contribution in [0.3, 0.4) is 0 Å². The second-order valence-corrected chi connectivity index (χ2v) is 5.12. The van der Waals surface area contributed by atoms with Crippen molar-refractivity contribution in [2.75, 3.05) is 12.3 Å². The maximum absolute atomic E-state index is 9.53. The van der Waals surface area contributed by atoms with Gasteiger partial charge in [0.15, 0.2) is 0 Å². The largest absolute Gasteiger partial charge is 0.508 e. The first-order valence-corrected chi connectivity index (χ1v) is 6.45. The Morgan fingerprint density at radius 2 is 2.33 bits per heavy atom. The Bertz CT molecular complexity index is 340. The summed E-state index contributed by atoms with van der Waals surface area (Å²) in [5.74, 6) is 2.09. The topological polar surface area (TPSA) is 46.2 Å². The van der Waals surface area contributed by atoms with E-state index >= 15 is 0 Å². The van der Waals surface area contributed by atoms with E-state index in [0.717, 1.165) is 13.0 Å². The van der Waals surface area contributed by atoms with E-state index in [9.17, 15) is 5.11 Å². The highest BCUT2D eigenvalue weighted by Crippen LogP contribution is 2.39. The smallest absolute Gasteiger partial charge is 0.115 e. The predicted molar refractivity (Wildman–Crippen MR) is 64.5 cm³/mol. The van der Waals surface area contributed by atoms with Crippen LogP contribution in [-0.2, 0) is 0 Å². The van der Waals surface area contributed by atoms with E-state index in [1.807, 2.05) is 23.9 Å². The van der Waals surface area contributed by atoms with Gasteiger partial charge in [0.2, 0.25) is 0 Å². The summed E-state index contributed by atoms with van der Waals surface area (Å²) in [6, 6.07) is 5.72. The Labute approximate surface area is 94.9 Å². The van der Waals surface area contributed by atoms with Gasteiger partial charge in [0.25, 0.3) is 0 Å². The molecule has 0 fully saturated rings. The second-order valence-electron chi connectivity index (χ2n) is 3.99. The molecule has 1 heterocycles. The first-order valence-electron chi connectivity index (χ1n) is 5.47. The third-order valence-electron chi connectivity index (χ3n) is 2.90. The molecule has 2 rings (SSSR count). The van der Waals surface area contributed by atoms with Gasteiger partial charge in [-0.2, -0.15) is 0 Å². The molecule has 0 saturated carbocycles. The van der Waals surface area contributed by atoms with Crippen LogP contribution < -0.4 is 5.73 Å². The molecule has 0 saturated heterocycles. The van der Waals surface area contributed by atoms with E-state index in [1.54, 1.807) is 6.07 Å². The number of aromatic hydroxyl groups is 1. The minimum Gasteiger partial charge on any atom is -0.508 e. The van der Waals surface area contributed by atoms with Crippen LogP contribution in [-0.4, -0.2) is 17.4 Å². The molecule has 0 aliphatic carbocycles. The van der Waals surface area contributed by atoms with Crippen LogP contribution in [0.25, 0.3) is 0 Å². The molecule has 0 bridgehead atoms. The highest BCUT2D eigenvalue weighted by atomic mass is 32.2. The molecule has 1 aliphatic heterocycles. The van der Waals surface area contributed by atoms with Crippen molar-refractivity contribution in [3.8, 4) is 5.75 Å². The van der Waals surface area contributed by atoms with E-state index < -0.39 is 0 Å². The lowest BCUT2D eigenvalue weighted by atomic mass is 9.91. The SMILES string of the molecule is NCCC1CCCSc2ccc(O)cc21. The lowest BCUT2D eigenvalue weighted by Gasteiger charge is -2.16.